The Bertz CT molecular complexity index is 432. The minimum absolute atomic E-state index is 0.0807. The smallest absolute Gasteiger partial charge is 0.234 e. The van der Waals surface area contributed by atoms with Gasteiger partial charge in [0.05, 0.1) is 6.04 Å². The Balaban J connectivity index is 2.36. The van der Waals surface area contributed by atoms with E-state index in [1.807, 2.05) is 38.1 Å². The first-order chi connectivity index (χ1) is 9.93. The fourth-order valence-corrected chi connectivity index (χ4v) is 2.00. The van der Waals surface area contributed by atoms with E-state index in [9.17, 15) is 9.90 Å². The minimum Gasteiger partial charge on any atom is -0.491 e. The molecule has 1 aromatic carbocycles. The highest BCUT2D eigenvalue weighted by molar-refractivity contribution is 5.80. The van der Waals surface area contributed by atoms with Gasteiger partial charge in [-0.3, -0.25) is 4.79 Å². The van der Waals surface area contributed by atoms with E-state index in [2.05, 4.69) is 12.2 Å². The lowest BCUT2D eigenvalue weighted by Gasteiger charge is -2.21. The van der Waals surface area contributed by atoms with Crippen molar-refractivity contribution in [3.05, 3.63) is 29.8 Å². The fraction of sp³-hybridized carbons (Fsp3) is 0.562. The van der Waals surface area contributed by atoms with Gasteiger partial charge in [-0.2, -0.15) is 0 Å². The molecule has 1 aromatic rings. The molecule has 21 heavy (non-hydrogen) atoms. The van der Waals surface area contributed by atoms with Crippen molar-refractivity contribution in [2.45, 2.75) is 39.3 Å². The molecule has 0 aromatic heterocycles. The summed E-state index contributed by atoms with van der Waals surface area (Å²) in [6.45, 7) is 6.33. The van der Waals surface area contributed by atoms with Gasteiger partial charge in [-0.25, -0.2) is 0 Å². The third-order valence-corrected chi connectivity index (χ3v) is 3.32. The molecule has 0 aliphatic rings. The summed E-state index contributed by atoms with van der Waals surface area (Å²) >= 11 is 0. The van der Waals surface area contributed by atoms with Crippen molar-refractivity contribution >= 4 is 5.91 Å². The van der Waals surface area contributed by atoms with Gasteiger partial charge in [0.15, 0.2) is 0 Å². The molecule has 0 aliphatic heterocycles. The Kier molecular flexibility index (Phi) is 7.19. The number of amides is 1. The zero-order valence-corrected chi connectivity index (χ0v) is 13.0. The second-order valence-corrected chi connectivity index (χ2v) is 5.49. The minimum atomic E-state index is -0.698. The van der Waals surface area contributed by atoms with Crippen LogP contribution in [0, 0.1) is 5.92 Å². The summed E-state index contributed by atoms with van der Waals surface area (Å²) in [4.78, 5) is 11.2. The van der Waals surface area contributed by atoms with Crippen LogP contribution in [0.25, 0.3) is 0 Å². The normalized spacial score (nSPS) is 14.0. The molecule has 0 saturated carbocycles. The highest BCUT2D eigenvalue weighted by Gasteiger charge is 2.19. The monoisotopic (exact) mass is 294 g/mol. The number of aliphatic hydroxyl groups excluding tert-OH is 1. The van der Waals surface area contributed by atoms with Crippen LogP contribution in [-0.4, -0.2) is 36.3 Å². The lowest BCUT2D eigenvalue weighted by Crippen LogP contribution is -2.48. The van der Waals surface area contributed by atoms with Gasteiger partial charge in [0, 0.05) is 6.54 Å². The summed E-state index contributed by atoms with van der Waals surface area (Å²) < 4.78 is 5.51. The molecular weight excluding hydrogens is 268 g/mol. The van der Waals surface area contributed by atoms with Gasteiger partial charge in [-0.1, -0.05) is 32.9 Å². The Morgan fingerprint density at radius 1 is 1.33 bits per heavy atom. The molecule has 118 valence electrons. The van der Waals surface area contributed by atoms with Crippen LogP contribution in [0.3, 0.4) is 0 Å². The first kappa shape index (κ1) is 17.5. The van der Waals surface area contributed by atoms with Crippen molar-refractivity contribution in [1.29, 1.82) is 0 Å². The maximum absolute atomic E-state index is 11.2. The molecule has 0 bridgehead atoms. The van der Waals surface area contributed by atoms with Gasteiger partial charge in [0.1, 0.15) is 18.5 Å². The predicted octanol–water partition coefficient (Wildman–Crippen LogP) is 1.09. The first-order valence-corrected chi connectivity index (χ1v) is 7.36. The van der Waals surface area contributed by atoms with Crippen molar-refractivity contribution in [2.75, 3.05) is 13.2 Å². The van der Waals surface area contributed by atoms with Crippen molar-refractivity contribution in [2.24, 2.45) is 11.7 Å². The number of ether oxygens (including phenoxy) is 1. The second-order valence-electron chi connectivity index (χ2n) is 5.49. The first-order valence-electron chi connectivity index (χ1n) is 7.36. The third kappa shape index (κ3) is 6.14. The van der Waals surface area contributed by atoms with Crippen LogP contribution in [-0.2, 0) is 11.2 Å². The van der Waals surface area contributed by atoms with Crippen LogP contribution in [0.4, 0.5) is 0 Å². The Morgan fingerprint density at radius 3 is 2.43 bits per heavy atom. The number of aliphatic hydroxyl groups is 1. The molecule has 0 saturated heterocycles. The Hall–Kier alpha value is -1.59. The molecule has 1 amide bonds. The number of nitrogens with two attached hydrogens (primary N) is 1. The summed E-state index contributed by atoms with van der Waals surface area (Å²) in [5, 5.41) is 12.9. The average molecular weight is 294 g/mol. The van der Waals surface area contributed by atoms with E-state index in [-0.39, 0.29) is 19.1 Å². The number of aryl methyl sites for hydroxylation is 1. The molecule has 0 aliphatic carbocycles. The van der Waals surface area contributed by atoms with Crippen LogP contribution in [0.1, 0.15) is 26.3 Å². The van der Waals surface area contributed by atoms with Crippen LogP contribution >= 0.6 is 0 Å². The number of rotatable bonds is 9. The van der Waals surface area contributed by atoms with E-state index in [0.717, 1.165) is 12.2 Å². The van der Waals surface area contributed by atoms with Crippen LogP contribution in [0.5, 0.6) is 5.75 Å². The largest absolute Gasteiger partial charge is 0.491 e. The van der Waals surface area contributed by atoms with Gasteiger partial charge in [0.25, 0.3) is 0 Å². The number of carbonyl (C=O) groups is 1. The molecule has 2 unspecified atom stereocenters. The van der Waals surface area contributed by atoms with Crippen LogP contribution in [0.15, 0.2) is 24.3 Å². The standard InChI is InChI=1S/C16H26N2O3/c1-4-12-5-7-14(8-6-12)21-10-13(19)9-18-15(11(2)3)16(17)20/h5-8,11,13,15,18-19H,4,9-10H2,1-3H3,(H2,17,20). The van der Waals surface area contributed by atoms with Gasteiger partial charge in [-0.15, -0.1) is 0 Å². The number of primary amides is 1. The maximum Gasteiger partial charge on any atom is 0.234 e. The quantitative estimate of drug-likeness (QED) is 0.636. The molecule has 4 N–H and O–H groups in total. The summed E-state index contributed by atoms with van der Waals surface area (Å²) in [7, 11) is 0. The zero-order chi connectivity index (χ0) is 15.8. The highest BCUT2D eigenvalue weighted by Crippen LogP contribution is 2.12. The molecule has 0 heterocycles. The number of hydrogen-bond donors (Lipinski definition) is 3. The molecule has 0 fully saturated rings. The van der Waals surface area contributed by atoms with Crippen LogP contribution in [0.2, 0.25) is 0 Å². The fourth-order valence-electron chi connectivity index (χ4n) is 2.00. The number of nitrogens with one attached hydrogen (secondary N) is 1. The van der Waals surface area contributed by atoms with Gasteiger partial charge in [-0.05, 0) is 30.0 Å². The van der Waals surface area contributed by atoms with Crippen molar-refractivity contribution < 1.29 is 14.6 Å². The Morgan fingerprint density at radius 2 is 1.95 bits per heavy atom. The van der Waals surface area contributed by atoms with E-state index in [0.29, 0.717) is 0 Å². The zero-order valence-electron chi connectivity index (χ0n) is 13.0. The Labute approximate surface area is 126 Å². The highest BCUT2D eigenvalue weighted by atomic mass is 16.5. The van der Waals surface area contributed by atoms with E-state index < -0.39 is 18.1 Å². The molecule has 2 atom stereocenters. The van der Waals surface area contributed by atoms with Crippen molar-refractivity contribution in [3.8, 4) is 5.75 Å². The second kappa shape index (κ2) is 8.64. The lowest BCUT2D eigenvalue weighted by atomic mass is 10.0. The van der Waals surface area contributed by atoms with Gasteiger partial charge >= 0.3 is 0 Å². The summed E-state index contributed by atoms with van der Waals surface area (Å²) in [5.74, 6) is 0.395. The molecule has 5 nitrogen and oxygen atoms in total. The van der Waals surface area contributed by atoms with Crippen molar-refractivity contribution in [1.82, 2.24) is 5.32 Å². The maximum atomic E-state index is 11.2. The number of benzene rings is 1. The third-order valence-electron chi connectivity index (χ3n) is 3.32. The molecule has 1 rings (SSSR count). The van der Waals surface area contributed by atoms with Gasteiger partial charge in [0.2, 0.25) is 5.91 Å². The van der Waals surface area contributed by atoms with Crippen molar-refractivity contribution in [3.63, 3.8) is 0 Å². The average Bonchev–Trinajstić information content (AvgIpc) is 2.45. The summed E-state index contributed by atoms with van der Waals surface area (Å²) in [5.41, 5.74) is 6.54. The summed E-state index contributed by atoms with van der Waals surface area (Å²) in [6, 6.07) is 7.34. The molecule has 0 radical (unpaired) electrons. The van der Waals surface area contributed by atoms with E-state index in [4.69, 9.17) is 10.5 Å². The van der Waals surface area contributed by atoms with Gasteiger partial charge < -0.3 is 20.9 Å². The van der Waals surface area contributed by atoms with E-state index in [1.165, 1.54) is 5.56 Å². The summed E-state index contributed by atoms with van der Waals surface area (Å²) in [6.07, 6.45) is 0.285. The van der Waals surface area contributed by atoms with E-state index >= 15 is 0 Å². The molecule has 5 heteroatoms. The number of hydrogen-bond acceptors (Lipinski definition) is 4. The van der Waals surface area contributed by atoms with E-state index in [1.54, 1.807) is 0 Å². The SMILES string of the molecule is CCc1ccc(OCC(O)CNC(C(N)=O)C(C)C)cc1. The molecule has 0 spiro atoms. The topological polar surface area (TPSA) is 84.6 Å². The number of carbonyl (C=O) groups excluding carboxylic acids is 1. The lowest BCUT2D eigenvalue weighted by molar-refractivity contribution is -0.121. The van der Waals surface area contributed by atoms with Crippen LogP contribution < -0.4 is 15.8 Å². The predicted molar refractivity (Wildman–Crippen MR) is 83.1 cm³/mol. The molecular formula is C16H26N2O3.